The second-order valence-electron chi connectivity index (χ2n) is 6.63. The number of halogens is 2. The van der Waals surface area contributed by atoms with Gasteiger partial charge in [-0.15, -0.1) is 0 Å². The highest BCUT2D eigenvalue weighted by Crippen LogP contribution is 2.33. The maximum absolute atomic E-state index is 13.3. The first-order valence-corrected chi connectivity index (χ1v) is 8.76. The van der Waals surface area contributed by atoms with E-state index in [4.69, 9.17) is 4.42 Å². The van der Waals surface area contributed by atoms with Gasteiger partial charge in [0.2, 0.25) is 0 Å². The molecular formula is C18H16F2N6O. The molecule has 0 aromatic carbocycles. The lowest BCUT2D eigenvalue weighted by atomic mass is 9.94. The van der Waals surface area contributed by atoms with E-state index in [0.29, 0.717) is 12.2 Å². The Morgan fingerprint density at radius 2 is 2.15 bits per heavy atom. The average molecular weight is 370 g/mol. The monoisotopic (exact) mass is 370 g/mol. The second-order valence-corrected chi connectivity index (χ2v) is 6.63. The summed E-state index contributed by atoms with van der Waals surface area (Å²) >= 11 is 0. The number of hydrogen-bond donors (Lipinski definition) is 0. The summed E-state index contributed by atoms with van der Waals surface area (Å²) in [5.41, 5.74) is 1.22. The molecule has 0 radical (unpaired) electrons. The van der Waals surface area contributed by atoms with E-state index in [0.717, 1.165) is 36.2 Å². The van der Waals surface area contributed by atoms with Gasteiger partial charge in [0.1, 0.15) is 23.4 Å². The fourth-order valence-corrected chi connectivity index (χ4v) is 3.80. The predicted octanol–water partition coefficient (Wildman–Crippen LogP) is 3.59. The van der Waals surface area contributed by atoms with Crippen LogP contribution in [0, 0.1) is 0 Å². The van der Waals surface area contributed by atoms with E-state index in [1.165, 1.54) is 12.4 Å². The standard InChI is InChI=1S/C18H16F2N6O/c19-16(20)13-8-14(26-18(24-13)22-10-23-26)11-2-1-6-25(9-11)17-12-4-7-27-15(12)3-5-21-17/h3-5,7-8,10-11,16H,1-2,6,9H2/t11-/m0/s1. The zero-order valence-electron chi connectivity index (χ0n) is 14.3. The Morgan fingerprint density at radius 3 is 3.04 bits per heavy atom. The summed E-state index contributed by atoms with van der Waals surface area (Å²) in [4.78, 5) is 14.6. The second kappa shape index (κ2) is 6.26. The van der Waals surface area contributed by atoms with E-state index in [2.05, 4.69) is 25.0 Å². The summed E-state index contributed by atoms with van der Waals surface area (Å²) in [6, 6.07) is 5.18. The Labute approximate surface area is 152 Å². The Kier molecular flexibility index (Phi) is 3.73. The molecule has 0 bridgehead atoms. The summed E-state index contributed by atoms with van der Waals surface area (Å²) in [6.07, 6.45) is 3.86. The molecule has 0 saturated carbocycles. The Hall–Kier alpha value is -3.10. The zero-order valence-corrected chi connectivity index (χ0v) is 14.3. The molecule has 138 valence electrons. The lowest BCUT2D eigenvalue weighted by Gasteiger charge is -2.34. The molecule has 1 aliphatic heterocycles. The molecule has 0 spiro atoms. The van der Waals surface area contributed by atoms with Gasteiger partial charge in [0.05, 0.1) is 17.3 Å². The van der Waals surface area contributed by atoms with Crippen molar-refractivity contribution in [3.63, 3.8) is 0 Å². The van der Waals surface area contributed by atoms with E-state index in [9.17, 15) is 8.78 Å². The van der Waals surface area contributed by atoms with Crippen LogP contribution in [-0.4, -0.2) is 37.7 Å². The molecule has 1 aliphatic rings. The SMILES string of the molecule is FC(F)c1cc([C@H]2CCCN(c3nccc4occc34)C2)n2ncnc2n1. The average Bonchev–Trinajstić information content (AvgIpc) is 3.36. The molecule has 4 aromatic rings. The van der Waals surface area contributed by atoms with Crippen LogP contribution >= 0.6 is 0 Å². The molecular weight excluding hydrogens is 354 g/mol. The van der Waals surface area contributed by atoms with Crippen molar-refractivity contribution in [1.29, 1.82) is 0 Å². The summed E-state index contributed by atoms with van der Waals surface area (Å²) in [5.74, 6) is 1.08. The molecule has 0 amide bonds. The van der Waals surface area contributed by atoms with Gasteiger partial charge < -0.3 is 9.32 Å². The normalized spacial score (nSPS) is 18.0. The quantitative estimate of drug-likeness (QED) is 0.549. The zero-order chi connectivity index (χ0) is 18.4. The van der Waals surface area contributed by atoms with E-state index in [1.807, 2.05) is 12.1 Å². The lowest BCUT2D eigenvalue weighted by Crippen LogP contribution is -2.35. The van der Waals surface area contributed by atoms with Crippen LogP contribution in [-0.2, 0) is 0 Å². The molecule has 27 heavy (non-hydrogen) atoms. The minimum Gasteiger partial charge on any atom is -0.464 e. The molecule has 1 saturated heterocycles. The summed E-state index contributed by atoms with van der Waals surface area (Å²) in [7, 11) is 0. The van der Waals surface area contributed by atoms with E-state index in [1.54, 1.807) is 17.0 Å². The van der Waals surface area contributed by atoms with E-state index >= 15 is 0 Å². The number of pyridine rings is 1. The summed E-state index contributed by atoms with van der Waals surface area (Å²) in [5, 5.41) is 5.13. The van der Waals surface area contributed by atoms with Gasteiger partial charge in [0.25, 0.3) is 12.2 Å². The Balaban J connectivity index is 1.54. The van der Waals surface area contributed by atoms with Crippen molar-refractivity contribution in [2.24, 2.45) is 0 Å². The highest BCUT2D eigenvalue weighted by molar-refractivity contribution is 5.88. The smallest absolute Gasteiger partial charge is 0.280 e. The first-order chi connectivity index (χ1) is 13.2. The van der Waals surface area contributed by atoms with Gasteiger partial charge >= 0.3 is 0 Å². The molecule has 4 aromatic heterocycles. The van der Waals surface area contributed by atoms with Crippen molar-refractivity contribution in [1.82, 2.24) is 24.6 Å². The number of hydrogen-bond acceptors (Lipinski definition) is 6. The molecule has 0 N–H and O–H groups in total. The Morgan fingerprint density at radius 1 is 1.22 bits per heavy atom. The van der Waals surface area contributed by atoms with Crippen LogP contribution in [0.4, 0.5) is 14.6 Å². The minimum absolute atomic E-state index is 0.0207. The lowest BCUT2D eigenvalue weighted by molar-refractivity contribution is 0.146. The minimum atomic E-state index is -2.65. The van der Waals surface area contributed by atoms with Crippen LogP contribution in [0.5, 0.6) is 0 Å². The first-order valence-electron chi connectivity index (χ1n) is 8.76. The fraction of sp³-hybridized carbons (Fsp3) is 0.333. The van der Waals surface area contributed by atoms with Gasteiger partial charge in [-0.2, -0.15) is 10.1 Å². The highest BCUT2D eigenvalue weighted by atomic mass is 19.3. The molecule has 5 rings (SSSR count). The van der Waals surface area contributed by atoms with Crippen LogP contribution in [0.25, 0.3) is 16.7 Å². The number of alkyl halides is 2. The number of anilines is 1. The summed E-state index contributed by atoms with van der Waals surface area (Å²) < 4.78 is 33.6. The van der Waals surface area contributed by atoms with Gasteiger partial charge in [-0.3, -0.25) is 0 Å². The Bertz CT molecular complexity index is 1110. The van der Waals surface area contributed by atoms with Gasteiger partial charge in [-0.05, 0) is 31.0 Å². The molecule has 0 unspecified atom stereocenters. The van der Waals surface area contributed by atoms with E-state index in [-0.39, 0.29) is 17.4 Å². The highest BCUT2D eigenvalue weighted by Gasteiger charge is 2.27. The molecule has 1 fully saturated rings. The van der Waals surface area contributed by atoms with Crippen molar-refractivity contribution in [2.45, 2.75) is 25.2 Å². The number of fused-ring (bicyclic) bond motifs is 2. The van der Waals surface area contributed by atoms with Crippen molar-refractivity contribution in [3.8, 4) is 0 Å². The van der Waals surface area contributed by atoms with Crippen LogP contribution < -0.4 is 4.90 Å². The maximum atomic E-state index is 13.3. The van der Waals surface area contributed by atoms with Crippen molar-refractivity contribution in [2.75, 3.05) is 18.0 Å². The number of nitrogens with zero attached hydrogens (tertiary/aromatic N) is 6. The van der Waals surface area contributed by atoms with Crippen LogP contribution in [0.3, 0.4) is 0 Å². The molecule has 5 heterocycles. The van der Waals surface area contributed by atoms with Gasteiger partial charge in [0.15, 0.2) is 0 Å². The largest absolute Gasteiger partial charge is 0.464 e. The number of piperidine rings is 1. The topological polar surface area (TPSA) is 72.4 Å². The maximum Gasteiger partial charge on any atom is 0.280 e. The van der Waals surface area contributed by atoms with Crippen LogP contribution in [0.2, 0.25) is 0 Å². The van der Waals surface area contributed by atoms with Crippen LogP contribution in [0.1, 0.15) is 36.6 Å². The summed E-state index contributed by atoms with van der Waals surface area (Å²) in [6.45, 7) is 1.50. The van der Waals surface area contributed by atoms with Gasteiger partial charge in [-0.1, -0.05) is 0 Å². The van der Waals surface area contributed by atoms with Gasteiger partial charge in [-0.25, -0.2) is 23.3 Å². The van der Waals surface area contributed by atoms with Crippen molar-refractivity contribution < 1.29 is 13.2 Å². The third-order valence-corrected chi connectivity index (χ3v) is 5.02. The molecule has 1 atom stereocenters. The third kappa shape index (κ3) is 2.70. The predicted molar refractivity (Wildman–Crippen MR) is 93.9 cm³/mol. The van der Waals surface area contributed by atoms with Crippen LogP contribution in [0.15, 0.2) is 41.4 Å². The van der Waals surface area contributed by atoms with Gasteiger partial charge in [0, 0.05) is 25.2 Å². The van der Waals surface area contributed by atoms with E-state index < -0.39 is 6.43 Å². The number of aromatic nitrogens is 5. The van der Waals surface area contributed by atoms with Crippen molar-refractivity contribution >= 4 is 22.6 Å². The van der Waals surface area contributed by atoms with Crippen molar-refractivity contribution in [3.05, 3.63) is 48.4 Å². The molecule has 0 aliphatic carbocycles. The molecule has 7 nitrogen and oxygen atoms in total. The number of furan rings is 1. The first kappa shape index (κ1) is 16.1. The molecule has 9 heteroatoms. The third-order valence-electron chi connectivity index (χ3n) is 5.02. The number of rotatable bonds is 3. The fourth-order valence-electron chi connectivity index (χ4n) is 3.80.